The Balaban J connectivity index is 1.82. The van der Waals surface area contributed by atoms with Crippen LogP contribution in [0.5, 0.6) is 0 Å². The van der Waals surface area contributed by atoms with Crippen LogP contribution in [-0.2, 0) is 26.6 Å². The van der Waals surface area contributed by atoms with Gasteiger partial charge in [-0.25, -0.2) is 4.98 Å². The van der Waals surface area contributed by atoms with E-state index in [1.807, 2.05) is 31.8 Å². The molecule has 106 valence electrons. The van der Waals surface area contributed by atoms with Gasteiger partial charge in [-0.05, 0) is 13.8 Å². The summed E-state index contributed by atoms with van der Waals surface area (Å²) in [6, 6.07) is 0. The van der Waals surface area contributed by atoms with Gasteiger partial charge in [0.15, 0.2) is 0 Å². The summed E-state index contributed by atoms with van der Waals surface area (Å²) < 4.78 is 1.83. The van der Waals surface area contributed by atoms with Crippen LogP contribution in [0, 0.1) is 13.8 Å². The van der Waals surface area contributed by atoms with Crippen LogP contribution >= 0.6 is 0 Å². The fraction of sp³-hybridized carbons (Fsp3) is 0.500. The molecule has 0 fully saturated rings. The number of rotatable bonds is 2. The SMILES string of the molecule is Cc1nc2c(c(=O)[nH]1)CN(Cc1cn(C)nc1C)CC2. The minimum absolute atomic E-state index is 0.000101. The highest BCUT2D eigenvalue weighted by molar-refractivity contribution is 5.22. The first-order chi connectivity index (χ1) is 9.52. The van der Waals surface area contributed by atoms with Gasteiger partial charge in [-0.2, -0.15) is 5.10 Å². The van der Waals surface area contributed by atoms with E-state index in [0.29, 0.717) is 12.4 Å². The number of aromatic nitrogens is 4. The summed E-state index contributed by atoms with van der Waals surface area (Å²) in [6.07, 6.45) is 2.88. The molecule has 0 bridgehead atoms. The third kappa shape index (κ3) is 2.38. The summed E-state index contributed by atoms with van der Waals surface area (Å²) in [7, 11) is 1.93. The van der Waals surface area contributed by atoms with Crippen molar-refractivity contribution in [3.05, 3.63) is 44.9 Å². The first-order valence-corrected chi connectivity index (χ1v) is 6.83. The summed E-state index contributed by atoms with van der Waals surface area (Å²) in [4.78, 5) is 21.5. The Morgan fingerprint density at radius 3 is 2.90 bits per heavy atom. The van der Waals surface area contributed by atoms with Crippen molar-refractivity contribution in [2.45, 2.75) is 33.4 Å². The van der Waals surface area contributed by atoms with Gasteiger partial charge < -0.3 is 4.98 Å². The number of aromatic amines is 1. The van der Waals surface area contributed by atoms with Crippen molar-refractivity contribution < 1.29 is 0 Å². The molecule has 0 atom stereocenters. The number of nitrogens with zero attached hydrogens (tertiary/aromatic N) is 4. The van der Waals surface area contributed by atoms with E-state index < -0.39 is 0 Å². The van der Waals surface area contributed by atoms with Crippen LogP contribution in [0.1, 0.15) is 28.3 Å². The third-order valence-corrected chi connectivity index (χ3v) is 3.78. The fourth-order valence-corrected chi connectivity index (χ4v) is 2.78. The lowest BCUT2D eigenvalue weighted by Crippen LogP contribution is -2.35. The second-order valence-corrected chi connectivity index (χ2v) is 5.45. The highest BCUT2D eigenvalue weighted by Gasteiger charge is 2.21. The molecule has 6 nitrogen and oxygen atoms in total. The molecule has 0 amide bonds. The molecule has 20 heavy (non-hydrogen) atoms. The zero-order valence-electron chi connectivity index (χ0n) is 12.1. The van der Waals surface area contributed by atoms with Crippen molar-refractivity contribution in [1.82, 2.24) is 24.6 Å². The van der Waals surface area contributed by atoms with Gasteiger partial charge in [-0.15, -0.1) is 0 Å². The second-order valence-electron chi connectivity index (χ2n) is 5.45. The van der Waals surface area contributed by atoms with Gasteiger partial charge in [-0.3, -0.25) is 14.4 Å². The molecule has 3 heterocycles. The van der Waals surface area contributed by atoms with Crippen LogP contribution in [0.3, 0.4) is 0 Å². The molecular weight excluding hydrogens is 254 g/mol. The normalized spacial score (nSPS) is 15.3. The summed E-state index contributed by atoms with van der Waals surface area (Å²) in [6.45, 7) is 6.26. The number of H-pyrrole nitrogens is 1. The van der Waals surface area contributed by atoms with Gasteiger partial charge in [0.2, 0.25) is 0 Å². The summed E-state index contributed by atoms with van der Waals surface area (Å²) >= 11 is 0. The molecule has 3 rings (SSSR count). The van der Waals surface area contributed by atoms with Crippen LogP contribution < -0.4 is 5.56 Å². The van der Waals surface area contributed by atoms with Crippen molar-refractivity contribution in [2.75, 3.05) is 6.54 Å². The molecule has 0 saturated heterocycles. The van der Waals surface area contributed by atoms with E-state index in [1.165, 1.54) is 5.56 Å². The van der Waals surface area contributed by atoms with E-state index in [4.69, 9.17) is 0 Å². The lowest BCUT2D eigenvalue weighted by molar-refractivity contribution is 0.241. The minimum atomic E-state index is 0.000101. The molecule has 0 spiro atoms. The Kier molecular flexibility index (Phi) is 3.17. The zero-order chi connectivity index (χ0) is 14.3. The van der Waals surface area contributed by atoms with Crippen LogP contribution in [0.2, 0.25) is 0 Å². The summed E-state index contributed by atoms with van der Waals surface area (Å²) in [5.41, 5.74) is 4.02. The number of fused-ring (bicyclic) bond motifs is 1. The van der Waals surface area contributed by atoms with Gasteiger partial charge >= 0.3 is 0 Å². The third-order valence-electron chi connectivity index (χ3n) is 3.78. The van der Waals surface area contributed by atoms with Crippen molar-refractivity contribution in [1.29, 1.82) is 0 Å². The monoisotopic (exact) mass is 273 g/mol. The van der Waals surface area contributed by atoms with E-state index in [9.17, 15) is 4.79 Å². The maximum atomic E-state index is 12.0. The van der Waals surface area contributed by atoms with Gasteiger partial charge in [-0.1, -0.05) is 0 Å². The van der Waals surface area contributed by atoms with Crippen molar-refractivity contribution in [3.63, 3.8) is 0 Å². The predicted octanol–water partition coefficient (Wildman–Crippen LogP) is 0.679. The summed E-state index contributed by atoms with van der Waals surface area (Å²) in [5, 5.41) is 4.36. The highest BCUT2D eigenvalue weighted by Crippen LogP contribution is 2.17. The second kappa shape index (κ2) is 4.86. The summed E-state index contributed by atoms with van der Waals surface area (Å²) in [5.74, 6) is 0.699. The molecule has 1 aliphatic heterocycles. The maximum Gasteiger partial charge on any atom is 0.255 e. The Morgan fingerprint density at radius 1 is 1.40 bits per heavy atom. The molecule has 0 radical (unpaired) electrons. The zero-order valence-corrected chi connectivity index (χ0v) is 12.1. The van der Waals surface area contributed by atoms with Crippen molar-refractivity contribution in [2.24, 2.45) is 7.05 Å². The number of hydrogen-bond donors (Lipinski definition) is 1. The van der Waals surface area contributed by atoms with E-state index in [-0.39, 0.29) is 5.56 Å². The topological polar surface area (TPSA) is 66.8 Å². The Bertz CT molecular complexity index is 700. The maximum absolute atomic E-state index is 12.0. The molecular formula is C14H19N5O. The lowest BCUT2D eigenvalue weighted by Gasteiger charge is -2.27. The molecule has 1 aliphatic rings. The van der Waals surface area contributed by atoms with E-state index in [2.05, 4.69) is 20.0 Å². The molecule has 2 aromatic heterocycles. The van der Waals surface area contributed by atoms with Crippen molar-refractivity contribution >= 4 is 0 Å². The van der Waals surface area contributed by atoms with Crippen LogP contribution in [0.25, 0.3) is 0 Å². The molecule has 6 heteroatoms. The average Bonchev–Trinajstić information content (AvgIpc) is 2.68. The highest BCUT2D eigenvalue weighted by atomic mass is 16.1. The number of hydrogen-bond acceptors (Lipinski definition) is 4. The van der Waals surface area contributed by atoms with Gasteiger partial charge in [0.25, 0.3) is 5.56 Å². The molecule has 0 aromatic carbocycles. The molecule has 2 aromatic rings. The standard InChI is InChI=1S/C14H19N5O/c1-9-11(6-18(3)17-9)7-19-5-4-13-12(8-19)14(20)16-10(2)15-13/h6H,4-5,7-8H2,1-3H3,(H,15,16,20). The molecule has 0 saturated carbocycles. The number of nitrogens with one attached hydrogen (secondary N) is 1. The first-order valence-electron chi connectivity index (χ1n) is 6.83. The Hall–Kier alpha value is -1.95. The van der Waals surface area contributed by atoms with Crippen LogP contribution in [0.15, 0.2) is 11.0 Å². The van der Waals surface area contributed by atoms with E-state index in [1.54, 1.807) is 0 Å². The first kappa shape index (κ1) is 13.1. The van der Waals surface area contributed by atoms with Crippen molar-refractivity contribution in [3.8, 4) is 0 Å². The van der Waals surface area contributed by atoms with Gasteiger partial charge in [0.05, 0.1) is 17.0 Å². The number of aryl methyl sites for hydroxylation is 3. The predicted molar refractivity (Wildman–Crippen MR) is 75.4 cm³/mol. The van der Waals surface area contributed by atoms with E-state index in [0.717, 1.165) is 36.5 Å². The smallest absolute Gasteiger partial charge is 0.255 e. The largest absolute Gasteiger partial charge is 0.310 e. The minimum Gasteiger partial charge on any atom is -0.310 e. The van der Waals surface area contributed by atoms with Gasteiger partial charge in [0, 0.05) is 44.9 Å². The molecule has 0 aliphatic carbocycles. The quantitative estimate of drug-likeness (QED) is 0.873. The fourth-order valence-electron chi connectivity index (χ4n) is 2.78. The van der Waals surface area contributed by atoms with E-state index >= 15 is 0 Å². The van der Waals surface area contributed by atoms with Crippen LogP contribution in [-0.4, -0.2) is 31.2 Å². The average molecular weight is 273 g/mol. The molecule has 1 N–H and O–H groups in total. The van der Waals surface area contributed by atoms with Gasteiger partial charge in [0.1, 0.15) is 5.82 Å². The molecule has 0 unspecified atom stereocenters. The Morgan fingerprint density at radius 2 is 2.20 bits per heavy atom. The Labute approximate surface area is 117 Å². The van der Waals surface area contributed by atoms with Crippen LogP contribution in [0.4, 0.5) is 0 Å². The lowest BCUT2D eigenvalue weighted by atomic mass is 10.1.